The maximum Gasteiger partial charge on any atom is 0.128 e. The molecule has 2 unspecified atom stereocenters. The lowest BCUT2D eigenvalue weighted by molar-refractivity contribution is -0.0822. The van der Waals surface area contributed by atoms with E-state index in [1.165, 1.54) is 31.2 Å². The fourth-order valence-corrected chi connectivity index (χ4v) is 4.23. The van der Waals surface area contributed by atoms with Gasteiger partial charge in [-0.1, -0.05) is 24.5 Å². The van der Waals surface area contributed by atoms with Crippen molar-refractivity contribution in [3.05, 3.63) is 28.8 Å². The summed E-state index contributed by atoms with van der Waals surface area (Å²) in [5, 5.41) is 11.1. The van der Waals surface area contributed by atoms with Crippen LogP contribution >= 0.6 is 0 Å². The van der Waals surface area contributed by atoms with E-state index in [9.17, 15) is 5.11 Å². The van der Waals surface area contributed by atoms with Crippen LogP contribution in [-0.2, 0) is 0 Å². The number of hydrogen-bond donors (Lipinski definition) is 1. The maximum atomic E-state index is 11.1. The Bertz CT molecular complexity index is 545. The second-order valence-corrected chi connectivity index (χ2v) is 7.55. The SMILES string of the molecule is Cc1cc(C)c2c(c1)C(O)C(N1CCCCCC1)C(C)(C)O2. The first-order chi connectivity index (χ1) is 10.4. The van der Waals surface area contributed by atoms with E-state index in [-0.39, 0.29) is 11.6 Å². The number of rotatable bonds is 1. The highest BCUT2D eigenvalue weighted by atomic mass is 16.5. The Morgan fingerprint density at radius 1 is 1.09 bits per heavy atom. The van der Waals surface area contributed by atoms with Crippen LogP contribution in [0.4, 0.5) is 0 Å². The van der Waals surface area contributed by atoms with Gasteiger partial charge in [-0.2, -0.15) is 0 Å². The van der Waals surface area contributed by atoms with Crippen LogP contribution in [0.3, 0.4) is 0 Å². The first-order valence-corrected chi connectivity index (χ1v) is 8.62. The summed E-state index contributed by atoms with van der Waals surface area (Å²) in [5.41, 5.74) is 2.90. The lowest BCUT2D eigenvalue weighted by atomic mass is 9.83. The molecule has 1 fully saturated rings. The molecule has 0 amide bonds. The van der Waals surface area contributed by atoms with Gasteiger partial charge in [-0.05, 0) is 65.3 Å². The first-order valence-electron chi connectivity index (χ1n) is 8.62. The largest absolute Gasteiger partial charge is 0.485 e. The fourth-order valence-electron chi connectivity index (χ4n) is 4.23. The molecule has 3 rings (SSSR count). The molecule has 0 aromatic heterocycles. The van der Waals surface area contributed by atoms with Crippen LogP contribution in [0.5, 0.6) is 5.75 Å². The number of nitrogens with zero attached hydrogens (tertiary/aromatic N) is 1. The normalized spacial score (nSPS) is 28.6. The van der Waals surface area contributed by atoms with Crippen molar-refractivity contribution in [2.75, 3.05) is 13.1 Å². The number of aliphatic hydroxyl groups excluding tert-OH is 1. The summed E-state index contributed by atoms with van der Waals surface area (Å²) in [4.78, 5) is 2.46. The number of likely N-dealkylation sites (tertiary alicyclic amines) is 1. The van der Waals surface area contributed by atoms with E-state index in [1.54, 1.807) is 0 Å². The zero-order valence-electron chi connectivity index (χ0n) is 14.4. The van der Waals surface area contributed by atoms with E-state index in [2.05, 4.69) is 44.7 Å². The quantitative estimate of drug-likeness (QED) is 0.857. The van der Waals surface area contributed by atoms with Crippen molar-refractivity contribution in [2.45, 2.75) is 71.1 Å². The Labute approximate surface area is 134 Å². The zero-order chi connectivity index (χ0) is 15.9. The topological polar surface area (TPSA) is 32.7 Å². The summed E-state index contributed by atoms with van der Waals surface area (Å²) in [5.74, 6) is 0.883. The van der Waals surface area contributed by atoms with Gasteiger partial charge in [-0.3, -0.25) is 4.90 Å². The van der Waals surface area contributed by atoms with Gasteiger partial charge in [-0.25, -0.2) is 0 Å². The van der Waals surface area contributed by atoms with Crippen molar-refractivity contribution in [3.8, 4) is 5.75 Å². The Morgan fingerprint density at radius 3 is 2.36 bits per heavy atom. The molecular formula is C19H29NO2. The molecule has 1 N–H and O–H groups in total. The molecule has 0 bridgehead atoms. The van der Waals surface area contributed by atoms with Gasteiger partial charge in [0.2, 0.25) is 0 Å². The van der Waals surface area contributed by atoms with Gasteiger partial charge in [0.05, 0.1) is 6.04 Å². The van der Waals surface area contributed by atoms with Crippen molar-refractivity contribution in [1.82, 2.24) is 4.90 Å². The molecule has 2 aliphatic rings. The predicted octanol–water partition coefficient (Wildman–Crippen LogP) is 3.75. The van der Waals surface area contributed by atoms with Crippen molar-refractivity contribution in [1.29, 1.82) is 0 Å². The van der Waals surface area contributed by atoms with E-state index in [4.69, 9.17) is 4.74 Å². The Balaban J connectivity index is 2.00. The summed E-state index contributed by atoms with van der Waals surface area (Å²) in [6.07, 6.45) is 4.57. The minimum atomic E-state index is -0.476. The number of hydrogen-bond acceptors (Lipinski definition) is 3. The Morgan fingerprint density at radius 2 is 1.73 bits per heavy atom. The molecule has 2 aliphatic heterocycles. The van der Waals surface area contributed by atoms with E-state index < -0.39 is 6.10 Å². The van der Waals surface area contributed by atoms with E-state index in [1.807, 2.05) is 0 Å². The highest BCUT2D eigenvalue weighted by Gasteiger charge is 2.46. The molecule has 22 heavy (non-hydrogen) atoms. The lowest BCUT2D eigenvalue weighted by Crippen LogP contribution is -2.58. The van der Waals surface area contributed by atoms with Gasteiger partial charge in [0.25, 0.3) is 0 Å². The Kier molecular flexibility index (Phi) is 4.21. The zero-order valence-corrected chi connectivity index (χ0v) is 14.4. The number of fused-ring (bicyclic) bond motifs is 1. The molecule has 0 spiro atoms. The second kappa shape index (κ2) is 5.86. The molecule has 0 aliphatic carbocycles. The number of ether oxygens (including phenoxy) is 1. The van der Waals surface area contributed by atoms with E-state index >= 15 is 0 Å². The van der Waals surface area contributed by atoms with Crippen molar-refractivity contribution in [2.24, 2.45) is 0 Å². The first kappa shape index (κ1) is 15.8. The number of aryl methyl sites for hydroxylation is 2. The molecule has 0 radical (unpaired) electrons. The van der Waals surface area contributed by atoms with Gasteiger partial charge in [-0.15, -0.1) is 0 Å². The summed E-state index contributed by atoms with van der Waals surface area (Å²) >= 11 is 0. The highest BCUT2D eigenvalue weighted by Crippen LogP contribution is 2.44. The maximum absolute atomic E-state index is 11.1. The third kappa shape index (κ3) is 2.77. The summed E-state index contributed by atoms with van der Waals surface area (Å²) in [6.45, 7) is 10.5. The smallest absolute Gasteiger partial charge is 0.128 e. The molecule has 2 atom stereocenters. The molecule has 0 saturated carbocycles. The van der Waals surface area contributed by atoms with Gasteiger partial charge in [0.1, 0.15) is 17.5 Å². The third-order valence-corrected chi connectivity index (χ3v) is 5.18. The summed E-state index contributed by atoms with van der Waals surface area (Å²) in [7, 11) is 0. The molecule has 1 aromatic rings. The monoisotopic (exact) mass is 303 g/mol. The van der Waals surface area contributed by atoms with Crippen LogP contribution in [-0.4, -0.2) is 34.7 Å². The molecule has 2 heterocycles. The lowest BCUT2D eigenvalue weighted by Gasteiger charge is -2.48. The van der Waals surface area contributed by atoms with Gasteiger partial charge in [0.15, 0.2) is 0 Å². The minimum absolute atomic E-state index is 0.0271. The van der Waals surface area contributed by atoms with Gasteiger partial charge >= 0.3 is 0 Å². The molecule has 1 aromatic carbocycles. The number of benzene rings is 1. The van der Waals surface area contributed by atoms with Crippen LogP contribution in [0.25, 0.3) is 0 Å². The average Bonchev–Trinajstić information content (AvgIpc) is 2.69. The number of aliphatic hydroxyl groups is 1. The van der Waals surface area contributed by atoms with Crippen molar-refractivity contribution in [3.63, 3.8) is 0 Å². The van der Waals surface area contributed by atoms with E-state index in [0.717, 1.165) is 30.0 Å². The van der Waals surface area contributed by atoms with Crippen LogP contribution in [0, 0.1) is 13.8 Å². The molecule has 122 valence electrons. The molecule has 1 saturated heterocycles. The van der Waals surface area contributed by atoms with Crippen LogP contribution in [0.15, 0.2) is 12.1 Å². The van der Waals surface area contributed by atoms with Crippen molar-refractivity contribution < 1.29 is 9.84 Å². The Hall–Kier alpha value is -1.06. The van der Waals surface area contributed by atoms with Crippen LogP contribution in [0.2, 0.25) is 0 Å². The standard InChI is InChI=1S/C19H29NO2/c1-13-11-14(2)17-15(12-13)16(21)18(19(3,4)22-17)20-9-7-5-6-8-10-20/h11-12,16,18,21H,5-10H2,1-4H3. The molecule has 3 nitrogen and oxygen atoms in total. The van der Waals surface area contributed by atoms with Gasteiger partial charge < -0.3 is 9.84 Å². The molecule has 3 heteroatoms. The third-order valence-electron chi connectivity index (χ3n) is 5.18. The summed E-state index contributed by atoms with van der Waals surface area (Å²) < 4.78 is 6.38. The fraction of sp³-hybridized carbons (Fsp3) is 0.684. The summed E-state index contributed by atoms with van der Waals surface area (Å²) in [6, 6.07) is 4.25. The van der Waals surface area contributed by atoms with Crippen LogP contribution < -0.4 is 4.74 Å². The highest BCUT2D eigenvalue weighted by molar-refractivity contribution is 5.48. The van der Waals surface area contributed by atoms with E-state index in [0.29, 0.717) is 0 Å². The predicted molar refractivity (Wildman–Crippen MR) is 89.4 cm³/mol. The molecular weight excluding hydrogens is 274 g/mol. The van der Waals surface area contributed by atoms with Gasteiger partial charge in [0, 0.05) is 5.56 Å². The van der Waals surface area contributed by atoms with Crippen molar-refractivity contribution >= 4 is 0 Å². The average molecular weight is 303 g/mol. The second-order valence-electron chi connectivity index (χ2n) is 7.55. The van der Waals surface area contributed by atoms with Crippen LogP contribution in [0.1, 0.15) is 62.3 Å². The minimum Gasteiger partial charge on any atom is -0.485 e.